The Bertz CT molecular complexity index is 1660. The molecule has 226 valence electrons. The molecule has 3 aromatic rings. The van der Waals surface area contributed by atoms with Crippen LogP contribution in [0.1, 0.15) is 22.3 Å². The molecule has 0 radical (unpaired) electrons. The lowest BCUT2D eigenvalue weighted by molar-refractivity contribution is 0.0787. The number of carbonyl (C=O) groups is 1. The third-order valence-electron chi connectivity index (χ3n) is 7.10. The number of halogens is 3. The van der Waals surface area contributed by atoms with Crippen LogP contribution >= 0.6 is 11.6 Å². The average molecular weight is 631 g/mol. The minimum Gasteiger partial charge on any atom is -0.493 e. The van der Waals surface area contributed by atoms with E-state index in [0.717, 1.165) is 12.2 Å². The Morgan fingerprint density at radius 2 is 1.86 bits per heavy atom. The van der Waals surface area contributed by atoms with Crippen molar-refractivity contribution in [3.63, 3.8) is 0 Å². The largest absolute Gasteiger partial charge is 0.493 e. The SMILES string of the molecule is CN(CCCOc1ccccc1CNC1C=C(F)C=CC1(F)S(=O)(=O)c1ccc(Cl)cc1)C(=O)c1ccc2c(c1)OCO2. The van der Waals surface area contributed by atoms with Crippen LogP contribution in [0.2, 0.25) is 5.02 Å². The minimum atomic E-state index is -4.58. The topological polar surface area (TPSA) is 94.2 Å². The fourth-order valence-electron chi connectivity index (χ4n) is 4.72. The summed E-state index contributed by atoms with van der Waals surface area (Å²) in [5, 5.41) is 0.187. The van der Waals surface area contributed by atoms with Gasteiger partial charge in [0.2, 0.25) is 16.6 Å². The fourth-order valence-corrected chi connectivity index (χ4v) is 6.43. The van der Waals surface area contributed by atoms with E-state index < -0.39 is 26.7 Å². The number of hydrogen-bond acceptors (Lipinski definition) is 7. The number of para-hydroxylation sites is 1. The predicted molar refractivity (Wildman–Crippen MR) is 158 cm³/mol. The third kappa shape index (κ3) is 6.53. The van der Waals surface area contributed by atoms with E-state index in [1.807, 2.05) is 0 Å². The van der Waals surface area contributed by atoms with Crippen molar-refractivity contribution in [1.82, 2.24) is 10.2 Å². The Kier molecular flexibility index (Phi) is 9.05. The molecule has 3 aromatic carbocycles. The molecule has 1 aliphatic carbocycles. The van der Waals surface area contributed by atoms with Gasteiger partial charge in [0.25, 0.3) is 10.9 Å². The third-order valence-corrected chi connectivity index (χ3v) is 9.46. The summed E-state index contributed by atoms with van der Waals surface area (Å²) >= 11 is 5.87. The molecule has 0 aromatic heterocycles. The van der Waals surface area contributed by atoms with E-state index in [1.54, 1.807) is 54.4 Å². The Hall–Kier alpha value is -3.93. The zero-order chi connectivity index (χ0) is 30.6. The summed E-state index contributed by atoms with van der Waals surface area (Å²) in [6, 6.07) is 15.6. The molecule has 0 fully saturated rings. The Labute approximate surface area is 253 Å². The van der Waals surface area contributed by atoms with Gasteiger partial charge in [0.15, 0.2) is 11.5 Å². The van der Waals surface area contributed by atoms with Crippen molar-refractivity contribution in [3.05, 3.63) is 107 Å². The molecule has 12 heteroatoms. The molecule has 1 aliphatic heterocycles. The normalized spacial score (nSPS) is 19.2. The molecular formula is C31H29ClF2N2O6S. The number of benzene rings is 3. The maximum atomic E-state index is 16.3. The van der Waals surface area contributed by atoms with Crippen molar-refractivity contribution in [1.29, 1.82) is 0 Å². The second-order valence-corrected chi connectivity index (χ2v) is 12.5. The highest BCUT2D eigenvalue weighted by Crippen LogP contribution is 2.37. The zero-order valence-corrected chi connectivity index (χ0v) is 24.7. The highest BCUT2D eigenvalue weighted by atomic mass is 35.5. The number of carbonyl (C=O) groups excluding carboxylic acids is 1. The molecule has 1 heterocycles. The number of amides is 1. The predicted octanol–water partition coefficient (Wildman–Crippen LogP) is 5.63. The number of alkyl halides is 1. The molecule has 43 heavy (non-hydrogen) atoms. The van der Waals surface area contributed by atoms with E-state index in [2.05, 4.69) is 5.32 Å². The molecule has 8 nitrogen and oxygen atoms in total. The van der Waals surface area contributed by atoms with Crippen LogP contribution in [-0.2, 0) is 16.4 Å². The van der Waals surface area contributed by atoms with Crippen molar-refractivity contribution in [2.24, 2.45) is 0 Å². The number of sulfone groups is 1. The highest BCUT2D eigenvalue weighted by molar-refractivity contribution is 7.93. The van der Waals surface area contributed by atoms with Gasteiger partial charge in [0.1, 0.15) is 11.6 Å². The van der Waals surface area contributed by atoms with E-state index in [0.29, 0.717) is 52.4 Å². The van der Waals surface area contributed by atoms with Gasteiger partial charge in [-0.25, -0.2) is 17.2 Å². The van der Waals surface area contributed by atoms with Gasteiger partial charge in [-0.1, -0.05) is 29.8 Å². The maximum Gasteiger partial charge on any atom is 0.253 e. The number of nitrogens with zero attached hydrogens (tertiary/aromatic N) is 1. The van der Waals surface area contributed by atoms with E-state index in [1.165, 1.54) is 24.3 Å². The molecule has 0 saturated heterocycles. The van der Waals surface area contributed by atoms with E-state index in [-0.39, 0.29) is 30.7 Å². The van der Waals surface area contributed by atoms with Crippen LogP contribution < -0.4 is 19.5 Å². The van der Waals surface area contributed by atoms with E-state index in [9.17, 15) is 17.6 Å². The van der Waals surface area contributed by atoms with Gasteiger partial charge >= 0.3 is 0 Å². The van der Waals surface area contributed by atoms with Crippen molar-refractivity contribution in [3.8, 4) is 17.2 Å². The van der Waals surface area contributed by atoms with Gasteiger partial charge in [0, 0.05) is 36.3 Å². The van der Waals surface area contributed by atoms with Gasteiger partial charge in [-0.15, -0.1) is 0 Å². The van der Waals surface area contributed by atoms with Crippen LogP contribution in [0.3, 0.4) is 0 Å². The minimum absolute atomic E-state index is 0.0111. The fraction of sp³-hybridized carbons (Fsp3) is 0.258. The van der Waals surface area contributed by atoms with Crippen LogP contribution in [0.5, 0.6) is 17.2 Å². The molecule has 2 aliphatic rings. The lowest BCUT2D eigenvalue weighted by atomic mass is 10.0. The number of nitrogens with one attached hydrogen (secondary N) is 1. The first-order chi connectivity index (χ1) is 20.6. The zero-order valence-electron chi connectivity index (χ0n) is 23.1. The van der Waals surface area contributed by atoms with Crippen LogP contribution in [0.25, 0.3) is 0 Å². The first-order valence-corrected chi connectivity index (χ1v) is 15.3. The Morgan fingerprint density at radius 3 is 2.65 bits per heavy atom. The van der Waals surface area contributed by atoms with Crippen molar-refractivity contribution in [2.45, 2.75) is 28.9 Å². The monoisotopic (exact) mass is 630 g/mol. The summed E-state index contributed by atoms with van der Waals surface area (Å²) in [6.07, 6.45) is 2.94. The molecule has 2 atom stereocenters. The summed E-state index contributed by atoms with van der Waals surface area (Å²) in [4.78, 5) is 14.1. The molecule has 5 rings (SSSR count). The van der Waals surface area contributed by atoms with Crippen molar-refractivity contribution >= 4 is 27.3 Å². The summed E-state index contributed by atoms with van der Waals surface area (Å²) in [5.74, 6) is 0.680. The first-order valence-electron chi connectivity index (χ1n) is 13.4. The number of hydrogen-bond donors (Lipinski definition) is 1. The molecule has 1 amide bonds. The van der Waals surface area contributed by atoms with Crippen molar-refractivity contribution in [2.75, 3.05) is 27.0 Å². The standard InChI is InChI=1S/C31H29ClF2N2O6S/c1-36(30(37)21-7-12-27-28(17-21)42-20-41-27)15-4-16-40-26-6-3-2-5-22(26)19-35-29-18-24(33)13-14-31(29,34)43(38,39)25-10-8-23(32)9-11-25/h2-3,5-14,17-18,29,35H,4,15-16,19-20H2,1H3. The summed E-state index contributed by atoms with van der Waals surface area (Å²) in [5.41, 5.74) is 1.09. The molecular weight excluding hydrogens is 602 g/mol. The molecule has 0 saturated carbocycles. The second kappa shape index (κ2) is 12.7. The van der Waals surface area contributed by atoms with Crippen molar-refractivity contribution < 1.29 is 36.2 Å². The summed E-state index contributed by atoms with van der Waals surface area (Å²) < 4.78 is 73.7. The number of ether oxygens (including phenoxy) is 3. The van der Waals surface area contributed by atoms with Crippen LogP contribution in [0.15, 0.2) is 95.7 Å². The number of fused-ring (bicyclic) bond motifs is 1. The lowest BCUT2D eigenvalue weighted by Crippen LogP contribution is -2.51. The summed E-state index contributed by atoms with van der Waals surface area (Å²) in [7, 11) is -2.89. The van der Waals surface area contributed by atoms with Crippen LogP contribution in [0.4, 0.5) is 8.78 Å². The molecule has 0 spiro atoms. The van der Waals surface area contributed by atoms with Gasteiger partial charge < -0.3 is 24.4 Å². The Balaban J connectivity index is 1.20. The Morgan fingerprint density at radius 1 is 1.12 bits per heavy atom. The van der Waals surface area contributed by atoms with Gasteiger partial charge in [-0.2, -0.15) is 0 Å². The second-order valence-electron chi connectivity index (χ2n) is 10.0. The maximum absolute atomic E-state index is 16.3. The number of allylic oxidation sites excluding steroid dienone is 2. The van der Waals surface area contributed by atoms with E-state index in [4.69, 9.17) is 25.8 Å². The van der Waals surface area contributed by atoms with E-state index >= 15 is 4.39 Å². The summed E-state index contributed by atoms with van der Waals surface area (Å²) in [6.45, 7) is 0.802. The number of rotatable bonds is 11. The first kappa shape index (κ1) is 30.5. The van der Waals surface area contributed by atoms with Crippen LogP contribution in [0, 0.1) is 0 Å². The smallest absolute Gasteiger partial charge is 0.253 e. The highest BCUT2D eigenvalue weighted by Gasteiger charge is 2.50. The lowest BCUT2D eigenvalue weighted by Gasteiger charge is -2.32. The van der Waals surface area contributed by atoms with Gasteiger partial charge in [0.05, 0.1) is 17.5 Å². The van der Waals surface area contributed by atoms with Crippen LogP contribution in [-0.4, -0.2) is 57.3 Å². The quantitative estimate of drug-likeness (QED) is 0.275. The molecule has 2 unspecified atom stereocenters. The average Bonchev–Trinajstić information content (AvgIpc) is 3.48. The molecule has 0 bridgehead atoms. The van der Waals surface area contributed by atoms with Gasteiger partial charge in [-0.05, 0) is 73.2 Å². The molecule has 1 N–H and O–H groups in total. The van der Waals surface area contributed by atoms with Gasteiger partial charge in [-0.3, -0.25) is 4.79 Å².